The van der Waals surface area contributed by atoms with E-state index in [1.165, 1.54) is 0 Å². The standard InChI is InChI=1S/C20H15ClN4O2/c21-16-8-4-7-15(11-16)18-12-17(24-27-18)20(26)23-19-9-10-22-25(19)13-14-5-2-1-3-6-14/h1-12H,13H2,(H,23,26). The minimum absolute atomic E-state index is 0.178. The normalized spacial score (nSPS) is 10.7. The first-order chi connectivity index (χ1) is 13.2. The minimum Gasteiger partial charge on any atom is -0.355 e. The van der Waals surface area contributed by atoms with E-state index in [1.807, 2.05) is 42.5 Å². The summed E-state index contributed by atoms with van der Waals surface area (Å²) in [6, 6.07) is 20.4. The van der Waals surface area contributed by atoms with E-state index in [0.717, 1.165) is 11.1 Å². The van der Waals surface area contributed by atoms with Crippen molar-refractivity contribution in [3.8, 4) is 11.3 Å². The first-order valence-electron chi connectivity index (χ1n) is 8.29. The van der Waals surface area contributed by atoms with Gasteiger partial charge in [0.2, 0.25) is 0 Å². The molecule has 134 valence electrons. The molecule has 1 N–H and O–H groups in total. The van der Waals surface area contributed by atoms with Crippen LogP contribution in [0.15, 0.2) is 77.4 Å². The summed E-state index contributed by atoms with van der Waals surface area (Å²) in [5.41, 5.74) is 2.02. The Morgan fingerprint density at radius 2 is 1.93 bits per heavy atom. The molecule has 0 fully saturated rings. The van der Waals surface area contributed by atoms with Crippen molar-refractivity contribution in [2.24, 2.45) is 0 Å². The summed E-state index contributed by atoms with van der Waals surface area (Å²) in [5.74, 6) is 0.679. The summed E-state index contributed by atoms with van der Waals surface area (Å²) in [7, 11) is 0. The molecule has 27 heavy (non-hydrogen) atoms. The topological polar surface area (TPSA) is 73.0 Å². The number of hydrogen-bond acceptors (Lipinski definition) is 4. The van der Waals surface area contributed by atoms with Crippen molar-refractivity contribution in [2.75, 3.05) is 5.32 Å². The highest BCUT2D eigenvalue weighted by Gasteiger charge is 2.16. The van der Waals surface area contributed by atoms with Crippen LogP contribution in [0.1, 0.15) is 16.1 Å². The molecule has 0 unspecified atom stereocenters. The SMILES string of the molecule is O=C(Nc1ccnn1Cc1ccccc1)c1cc(-c2cccc(Cl)c2)on1. The number of anilines is 1. The van der Waals surface area contributed by atoms with E-state index in [9.17, 15) is 4.79 Å². The van der Waals surface area contributed by atoms with Crippen molar-refractivity contribution in [3.63, 3.8) is 0 Å². The van der Waals surface area contributed by atoms with Gasteiger partial charge in [0.1, 0.15) is 5.82 Å². The summed E-state index contributed by atoms with van der Waals surface area (Å²) in [6.07, 6.45) is 1.64. The van der Waals surface area contributed by atoms with Crippen molar-refractivity contribution < 1.29 is 9.32 Å². The number of halogens is 1. The Labute approximate surface area is 160 Å². The van der Waals surface area contributed by atoms with Gasteiger partial charge in [-0.15, -0.1) is 0 Å². The number of nitrogens with zero attached hydrogens (tertiary/aromatic N) is 3. The van der Waals surface area contributed by atoms with E-state index < -0.39 is 0 Å². The van der Waals surface area contributed by atoms with Gasteiger partial charge in [0, 0.05) is 22.7 Å². The highest BCUT2D eigenvalue weighted by Crippen LogP contribution is 2.23. The Kier molecular flexibility index (Phi) is 4.72. The lowest BCUT2D eigenvalue weighted by Gasteiger charge is -2.08. The molecular formula is C20H15ClN4O2. The van der Waals surface area contributed by atoms with Gasteiger partial charge in [0.05, 0.1) is 12.7 Å². The summed E-state index contributed by atoms with van der Waals surface area (Å²) in [6.45, 7) is 0.552. The zero-order valence-corrected chi connectivity index (χ0v) is 14.9. The lowest BCUT2D eigenvalue weighted by Crippen LogP contribution is -2.16. The maximum absolute atomic E-state index is 12.5. The number of carbonyl (C=O) groups is 1. The van der Waals surface area contributed by atoms with E-state index in [0.29, 0.717) is 23.1 Å². The Morgan fingerprint density at radius 1 is 1.07 bits per heavy atom. The summed E-state index contributed by atoms with van der Waals surface area (Å²) < 4.78 is 6.99. The molecule has 4 rings (SSSR count). The molecule has 6 nitrogen and oxygen atoms in total. The van der Waals surface area contributed by atoms with Gasteiger partial charge in [-0.05, 0) is 17.7 Å². The molecule has 2 aromatic heterocycles. The van der Waals surface area contributed by atoms with Crippen molar-refractivity contribution >= 4 is 23.3 Å². The lowest BCUT2D eigenvalue weighted by molar-refractivity contribution is 0.101. The minimum atomic E-state index is -0.373. The maximum atomic E-state index is 12.5. The average Bonchev–Trinajstić information content (AvgIpc) is 3.33. The van der Waals surface area contributed by atoms with Crippen LogP contribution in [-0.2, 0) is 6.54 Å². The molecule has 7 heteroatoms. The van der Waals surface area contributed by atoms with Crippen LogP contribution in [-0.4, -0.2) is 20.8 Å². The third-order valence-corrected chi connectivity index (χ3v) is 4.22. The predicted octanol–water partition coefficient (Wildman–Crippen LogP) is 4.49. The number of hydrogen-bond donors (Lipinski definition) is 1. The molecule has 0 atom stereocenters. The van der Waals surface area contributed by atoms with Crippen LogP contribution >= 0.6 is 11.6 Å². The van der Waals surface area contributed by atoms with Crippen LogP contribution < -0.4 is 5.32 Å². The molecule has 0 radical (unpaired) electrons. The second kappa shape index (κ2) is 7.47. The summed E-state index contributed by atoms with van der Waals surface area (Å²) in [4.78, 5) is 12.5. The van der Waals surface area contributed by atoms with E-state index in [-0.39, 0.29) is 11.6 Å². The number of nitrogens with one attached hydrogen (secondary N) is 1. The number of carbonyl (C=O) groups excluding carboxylic acids is 1. The highest BCUT2D eigenvalue weighted by molar-refractivity contribution is 6.30. The lowest BCUT2D eigenvalue weighted by atomic mass is 10.1. The van der Waals surface area contributed by atoms with Crippen molar-refractivity contribution in [3.05, 3.63) is 89.2 Å². The molecule has 0 saturated carbocycles. The van der Waals surface area contributed by atoms with E-state index in [2.05, 4.69) is 15.6 Å². The molecule has 1 amide bonds. The van der Waals surface area contributed by atoms with Gasteiger partial charge in [-0.3, -0.25) is 4.79 Å². The average molecular weight is 379 g/mol. The van der Waals surface area contributed by atoms with Crippen LogP contribution in [0.3, 0.4) is 0 Å². The van der Waals surface area contributed by atoms with Gasteiger partial charge in [-0.1, -0.05) is 59.2 Å². The number of amides is 1. The number of rotatable bonds is 5. The van der Waals surface area contributed by atoms with Gasteiger partial charge in [0.25, 0.3) is 5.91 Å². The zero-order valence-electron chi connectivity index (χ0n) is 14.2. The monoisotopic (exact) mass is 378 g/mol. The first kappa shape index (κ1) is 17.1. The smallest absolute Gasteiger partial charge is 0.279 e. The molecule has 0 saturated heterocycles. The molecule has 0 bridgehead atoms. The fraction of sp³-hybridized carbons (Fsp3) is 0.0500. The summed E-state index contributed by atoms with van der Waals surface area (Å²) in [5, 5.41) is 11.5. The molecular weight excluding hydrogens is 364 g/mol. The largest absolute Gasteiger partial charge is 0.355 e. The van der Waals surface area contributed by atoms with E-state index in [1.54, 1.807) is 35.1 Å². The van der Waals surface area contributed by atoms with Crippen LogP contribution in [0.5, 0.6) is 0 Å². The van der Waals surface area contributed by atoms with Crippen molar-refractivity contribution in [2.45, 2.75) is 6.54 Å². The molecule has 2 aromatic carbocycles. The Hall–Kier alpha value is -3.38. The first-order valence-corrected chi connectivity index (χ1v) is 8.66. The van der Waals surface area contributed by atoms with Crippen LogP contribution in [0.4, 0.5) is 5.82 Å². The zero-order chi connectivity index (χ0) is 18.6. The maximum Gasteiger partial charge on any atom is 0.279 e. The van der Waals surface area contributed by atoms with Gasteiger partial charge in [-0.25, -0.2) is 4.68 Å². The van der Waals surface area contributed by atoms with E-state index in [4.69, 9.17) is 16.1 Å². The van der Waals surface area contributed by atoms with Gasteiger partial charge >= 0.3 is 0 Å². The second-order valence-corrected chi connectivity index (χ2v) is 6.34. The van der Waals surface area contributed by atoms with Crippen molar-refractivity contribution in [1.82, 2.24) is 14.9 Å². The third-order valence-electron chi connectivity index (χ3n) is 3.99. The Bertz CT molecular complexity index is 1070. The third kappa shape index (κ3) is 3.91. The number of aromatic nitrogens is 3. The van der Waals surface area contributed by atoms with Crippen LogP contribution in [0.25, 0.3) is 11.3 Å². The van der Waals surface area contributed by atoms with E-state index >= 15 is 0 Å². The Balaban J connectivity index is 1.50. The van der Waals surface area contributed by atoms with Gasteiger partial charge < -0.3 is 9.84 Å². The molecule has 0 spiro atoms. The highest BCUT2D eigenvalue weighted by atomic mass is 35.5. The van der Waals surface area contributed by atoms with Gasteiger partial charge in [0.15, 0.2) is 11.5 Å². The number of benzene rings is 2. The molecule has 0 aliphatic carbocycles. The fourth-order valence-corrected chi connectivity index (χ4v) is 2.85. The van der Waals surface area contributed by atoms with Crippen molar-refractivity contribution in [1.29, 1.82) is 0 Å². The molecule has 0 aliphatic heterocycles. The van der Waals surface area contributed by atoms with Crippen LogP contribution in [0.2, 0.25) is 5.02 Å². The predicted molar refractivity (Wildman–Crippen MR) is 103 cm³/mol. The second-order valence-electron chi connectivity index (χ2n) is 5.90. The fourth-order valence-electron chi connectivity index (χ4n) is 2.66. The van der Waals surface area contributed by atoms with Gasteiger partial charge in [-0.2, -0.15) is 5.10 Å². The summed E-state index contributed by atoms with van der Waals surface area (Å²) >= 11 is 5.99. The molecule has 2 heterocycles. The molecule has 4 aromatic rings. The van der Waals surface area contributed by atoms with Crippen LogP contribution in [0, 0.1) is 0 Å². The Morgan fingerprint density at radius 3 is 2.74 bits per heavy atom. The molecule has 0 aliphatic rings. The quantitative estimate of drug-likeness (QED) is 0.555.